The van der Waals surface area contributed by atoms with Crippen molar-refractivity contribution in [3.05, 3.63) is 90.3 Å². The molecule has 0 aliphatic carbocycles. The number of hydrogen-bond donors (Lipinski definition) is 2. The fourth-order valence-electron chi connectivity index (χ4n) is 3.25. The van der Waals surface area contributed by atoms with E-state index in [0.29, 0.717) is 5.92 Å². The third-order valence-corrected chi connectivity index (χ3v) is 4.75. The van der Waals surface area contributed by atoms with Crippen LogP contribution in [0.3, 0.4) is 0 Å². The van der Waals surface area contributed by atoms with Crippen molar-refractivity contribution in [2.24, 2.45) is 4.99 Å². The molecule has 1 unspecified atom stereocenters. The van der Waals surface area contributed by atoms with Crippen LogP contribution in [0, 0.1) is 0 Å². The molecule has 0 radical (unpaired) electrons. The summed E-state index contributed by atoms with van der Waals surface area (Å²) in [6.45, 7) is 2.59. The summed E-state index contributed by atoms with van der Waals surface area (Å²) in [7, 11) is 1.82. The number of aromatic nitrogens is 2. The summed E-state index contributed by atoms with van der Waals surface area (Å²) in [4.78, 5) is 4.37. The predicted octanol–water partition coefficient (Wildman–Crippen LogP) is 3.46. The van der Waals surface area contributed by atoms with Crippen molar-refractivity contribution in [2.45, 2.75) is 25.3 Å². The van der Waals surface area contributed by atoms with Gasteiger partial charge in [0.1, 0.15) is 0 Å². The van der Waals surface area contributed by atoms with Crippen molar-refractivity contribution >= 4 is 5.96 Å². The number of guanidine groups is 1. The summed E-state index contributed by atoms with van der Waals surface area (Å²) in [5.74, 6) is 1.22. The van der Waals surface area contributed by atoms with Crippen LogP contribution in [0.5, 0.6) is 0 Å². The molecule has 5 nitrogen and oxygen atoms in total. The molecule has 0 saturated heterocycles. The van der Waals surface area contributed by atoms with Crippen LogP contribution in [-0.2, 0) is 13.0 Å². The first kappa shape index (κ1) is 19.7. The summed E-state index contributed by atoms with van der Waals surface area (Å²) in [5, 5.41) is 11.1. The highest BCUT2D eigenvalue weighted by Gasteiger charge is 2.13. The van der Waals surface area contributed by atoms with Crippen molar-refractivity contribution in [3.8, 4) is 0 Å². The van der Waals surface area contributed by atoms with Gasteiger partial charge < -0.3 is 10.6 Å². The third kappa shape index (κ3) is 6.27. The first-order valence-electron chi connectivity index (χ1n) is 9.86. The topological polar surface area (TPSA) is 54.2 Å². The van der Waals surface area contributed by atoms with Crippen molar-refractivity contribution in [1.82, 2.24) is 20.4 Å². The summed E-state index contributed by atoms with van der Waals surface area (Å²) in [6.07, 6.45) is 5.79. The largest absolute Gasteiger partial charge is 0.356 e. The van der Waals surface area contributed by atoms with Gasteiger partial charge in [-0.05, 0) is 30.0 Å². The molecule has 1 aromatic heterocycles. The lowest BCUT2D eigenvalue weighted by Gasteiger charge is -2.20. The number of rotatable bonds is 9. The summed E-state index contributed by atoms with van der Waals surface area (Å²) in [6, 6.07) is 23.3. The predicted molar refractivity (Wildman–Crippen MR) is 116 cm³/mol. The van der Waals surface area contributed by atoms with Crippen molar-refractivity contribution < 1.29 is 0 Å². The molecule has 0 spiro atoms. The first-order valence-corrected chi connectivity index (χ1v) is 9.86. The standard InChI is InChI=1S/C23H29N5/c1-24-23(25-14-8-16-28-17-9-15-27-28)26-19-22(21-12-6-3-7-13-21)18-20-10-4-2-5-11-20/h2-7,9-13,15,17,22H,8,14,16,18-19H2,1H3,(H2,24,25,26). The van der Waals surface area contributed by atoms with Gasteiger partial charge in [-0.2, -0.15) is 5.10 Å². The molecule has 0 bridgehead atoms. The van der Waals surface area contributed by atoms with Crippen LogP contribution in [0.2, 0.25) is 0 Å². The molecule has 0 amide bonds. The Hall–Kier alpha value is -3.08. The van der Waals surface area contributed by atoms with Gasteiger partial charge in [-0.15, -0.1) is 0 Å². The Labute approximate surface area is 167 Å². The van der Waals surface area contributed by atoms with Crippen LogP contribution >= 0.6 is 0 Å². The van der Waals surface area contributed by atoms with Crippen LogP contribution < -0.4 is 10.6 Å². The molecule has 2 N–H and O–H groups in total. The third-order valence-electron chi connectivity index (χ3n) is 4.75. The van der Waals surface area contributed by atoms with Crippen LogP contribution in [0.1, 0.15) is 23.5 Å². The molecule has 0 aliphatic heterocycles. The quantitative estimate of drug-likeness (QED) is 0.342. The second-order valence-electron chi connectivity index (χ2n) is 6.80. The zero-order chi connectivity index (χ0) is 19.4. The van der Waals surface area contributed by atoms with Gasteiger partial charge in [-0.1, -0.05) is 60.7 Å². The van der Waals surface area contributed by atoms with E-state index in [1.807, 2.05) is 30.2 Å². The Bertz CT molecular complexity index is 813. The lowest BCUT2D eigenvalue weighted by Crippen LogP contribution is -2.40. The minimum atomic E-state index is 0.381. The van der Waals surface area contributed by atoms with Crippen LogP contribution in [0.4, 0.5) is 0 Å². The normalized spacial score (nSPS) is 12.5. The fraction of sp³-hybridized carbons (Fsp3) is 0.304. The van der Waals surface area contributed by atoms with Crippen LogP contribution in [0.25, 0.3) is 0 Å². The van der Waals surface area contributed by atoms with E-state index < -0.39 is 0 Å². The van der Waals surface area contributed by atoms with Gasteiger partial charge in [0.25, 0.3) is 0 Å². The number of hydrogen-bond acceptors (Lipinski definition) is 2. The number of benzene rings is 2. The lowest BCUT2D eigenvalue weighted by atomic mass is 9.92. The summed E-state index contributed by atoms with van der Waals surface area (Å²) >= 11 is 0. The van der Waals surface area contributed by atoms with Gasteiger partial charge >= 0.3 is 0 Å². The van der Waals surface area contributed by atoms with Gasteiger partial charge in [-0.25, -0.2) is 0 Å². The van der Waals surface area contributed by atoms with E-state index >= 15 is 0 Å². The Morgan fingerprint density at radius 3 is 2.43 bits per heavy atom. The van der Waals surface area contributed by atoms with E-state index in [-0.39, 0.29) is 0 Å². The highest BCUT2D eigenvalue weighted by molar-refractivity contribution is 5.79. The maximum atomic E-state index is 4.37. The van der Waals surface area contributed by atoms with Crippen molar-refractivity contribution in [2.75, 3.05) is 20.1 Å². The Kier molecular flexibility index (Phi) is 7.67. The molecule has 2 aromatic carbocycles. The van der Waals surface area contributed by atoms with Crippen molar-refractivity contribution in [3.63, 3.8) is 0 Å². The first-order chi connectivity index (χ1) is 13.8. The molecule has 3 rings (SSSR count). The highest BCUT2D eigenvalue weighted by atomic mass is 15.3. The maximum absolute atomic E-state index is 4.37. The molecule has 0 aliphatic rings. The lowest BCUT2D eigenvalue weighted by molar-refractivity contribution is 0.568. The molecule has 28 heavy (non-hydrogen) atoms. The Balaban J connectivity index is 1.52. The zero-order valence-corrected chi connectivity index (χ0v) is 16.5. The molecular formula is C23H29N5. The molecule has 5 heteroatoms. The Morgan fingerprint density at radius 1 is 1.00 bits per heavy atom. The minimum absolute atomic E-state index is 0.381. The molecule has 146 valence electrons. The van der Waals surface area contributed by atoms with E-state index in [1.54, 1.807) is 0 Å². The smallest absolute Gasteiger partial charge is 0.190 e. The SMILES string of the molecule is CN=C(NCCCn1cccn1)NCC(Cc1ccccc1)c1ccccc1. The average Bonchev–Trinajstić information content (AvgIpc) is 3.27. The number of aliphatic imine (C=N–C) groups is 1. The van der Waals surface area contributed by atoms with E-state index in [1.165, 1.54) is 11.1 Å². The van der Waals surface area contributed by atoms with Gasteiger partial charge in [0.2, 0.25) is 0 Å². The van der Waals surface area contributed by atoms with Crippen LogP contribution in [0.15, 0.2) is 84.1 Å². The van der Waals surface area contributed by atoms with E-state index in [0.717, 1.165) is 38.4 Å². The van der Waals surface area contributed by atoms with Gasteiger partial charge in [0.15, 0.2) is 5.96 Å². The number of aryl methyl sites for hydroxylation is 1. The van der Waals surface area contributed by atoms with E-state index in [2.05, 4.69) is 81.4 Å². The van der Waals surface area contributed by atoms with Crippen molar-refractivity contribution in [1.29, 1.82) is 0 Å². The Morgan fingerprint density at radius 2 is 1.75 bits per heavy atom. The maximum Gasteiger partial charge on any atom is 0.190 e. The van der Waals surface area contributed by atoms with Gasteiger partial charge in [0.05, 0.1) is 0 Å². The number of nitrogens with one attached hydrogen (secondary N) is 2. The minimum Gasteiger partial charge on any atom is -0.356 e. The monoisotopic (exact) mass is 375 g/mol. The van der Waals surface area contributed by atoms with Gasteiger partial charge in [-0.3, -0.25) is 9.67 Å². The average molecular weight is 376 g/mol. The van der Waals surface area contributed by atoms with E-state index in [9.17, 15) is 0 Å². The second-order valence-corrected chi connectivity index (χ2v) is 6.80. The molecule has 0 fully saturated rings. The molecule has 1 heterocycles. The zero-order valence-electron chi connectivity index (χ0n) is 16.5. The second kappa shape index (κ2) is 10.9. The van der Waals surface area contributed by atoms with E-state index in [4.69, 9.17) is 0 Å². The summed E-state index contributed by atoms with van der Waals surface area (Å²) in [5.41, 5.74) is 2.69. The fourth-order valence-corrected chi connectivity index (χ4v) is 3.25. The summed E-state index contributed by atoms with van der Waals surface area (Å²) < 4.78 is 1.95. The molecule has 0 saturated carbocycles. The van der Waals surface area contributed by atoms with Crippen LogP contribution in [-0.4, -0.2) is 35.9 Å². The molecule has 3 aromatic rings. The molecular weight excluding hydrogens is 346 g/mol. The van der Waals surface area contributed by atoms with Gasteiger partial charge in [0, 0.05) is 45.0 Å². The highest BCUT2D eigenvalue weighted by Crippen LogP contribution is 2.20. The molecule has 1 atom stereocenters. The number of nitrogens with zero attached hydrogens (tertiary/aromatic N) is 3.